The van der Waals surface area contributed by atoms with Gasteiger partial charge in [0.05, 0.1) is 18.7 Å². The molecule has 4 nitrogen and oxygen atoms in total. The molecule has 0 unspecified atom stereocenters. The van der Waals surface area contributed by atoms with Gasteiger partial charge < -0.3 is 9.47 Å². The number of aromatic nitrogens is 1. The van der Waals surface area contributed by atoms with Gasteiger partial charge in [0, 0.05) is 6.07 Å². The first kappa shape index (κ1) is 28.0. The second-order valence-electron chi connectivity index (χ2n) is 11.3. The van der Waals surface area contributed by atoms with E-state index in [-0.39, 0.29) is 11.9 Å². The molecule has 1 aromatic heterocycles. The summed E-state index contributed by atoms with van der Waals surface area (Å²) in [6.45, 7) is 5.10. The molecule has 3 rings (SSSR count). The van der Waals surface area contributed by atoms with Crippen LogP contribution in [0.4, 0.5) is 0 Å². The molecule has 0 amide bonds. The molecule has 0 saturated heterocycles. The largest absolute Gasteiger partial charge is 0.478 e. The third-order valence-corrected chi connectivity index (χ3v) is 8.52. The number of ether oxygens (including phenoxy) is 2. The van der Waals surface area contributed by atoms with Gasteiger partial charge in [0.25, 0.3) is 0 Å². The zero-order valence-corrected chi connectivity index (χ0v) is 22.6. The van der Waals surface area contributed by atoms with E-state index >= 15 is 0 Å². The Hall–Kier alpha value is -1.58. The highest BCUT2D eigenvalue weighted by atomic mass is 16.5. The summed E-state index contributed by atoms with van der Waals surface area (Å²) in [5, 5.41) is 0. The smallest absolute Gasteiger partial charge is 0.314 e. The van der Waals surface area contributed by atoms with Crippen molar-refractivity contribution >= 4 is 5.97 Å². The number of carbonyl (C=O) groups excluding carboxylic acids is 1. The lowest BCUT2D eigenvalue weighted by Gasteiger charge is -2.31. The van der Waals surface area contributed by atoms with E-state index in [4.69, 9.17) is 9.47 Å². The third-order valence-electron chi connectivity index (χ3n) is 8.52. The van der Waals surface area contributed by atoms with Crippen molar-refractivity contribution in [2.24, 2.45) is 23.7 Å². The first-order valence-electron chi connectivity index (χ1n) is 15.0. The SMILES string of the molecule is CCCCCCCC1CCC(CCC2CCC(C(=O)Oc3ccc(OCCCC)nc3)CC2)CC1. The van der Waals surface area contributed by atoms with Crippen molar-refractivity contribution < 1.29 is 14.3 Å². The van der Waals surface area contributed by atoms with E-state index in [1.165, 1.54) is 89.9 Å². The van der Waals surface area contributed by atoms with Gasteiger partial charge in [-0.2, -0.15) is 0 Å². The molecule has 0 bridgehead atoms. The van der Waals surface area contributed by atoms with Crippen LogP contribution >= 0.6 is 0 Å². The van der Waals surface area contributed by atoms with Gasteiger partial charge in [0.15, 0.2) is 0 Å². The van der Waals surface area contributed by atoms with Crippen LogP contribution in [0.3, 0.4) is 0 Å². The Labute approximate surface area is 215 Å². The molecule has 4 heteroatoms. The Morgan fingerprint density at radius 1 is 0.771 bits per heavy atom. The van der Waals surface area contributed by atoms with Gasteiger partial charge in [0.1, 0.15) is 5.75 Å². The normalized spacial score (nSPS) is 24.7. The molecule has 0 radical (unpaired) electrons. The molecule has 0 spiro atoms. The van der Waals surface area contributed by atoms with E-state index < -0.39 is 0 Å². The molecule has 198 valence electrons. The maximum absolute atomic E-state index is 12.7. The van der Waals surface area contributed by atoms with Crippen molar-refractivity contribution in [3.8, 4) is 11.6 Å². The van der Waals surface area contributed by atoms with Crippen molar-refractivity contribution in [3.05, 3.63) is 18.3 Å². The highest BCUT2D eigenvalue weighted by Gasteiger charge is 2.29. The fraction of sp³-hybridized carbons (Fsp3) is 0.806. The predicted molar refractivity (Wildman–Crippen MR) is 144 cm³/mol. The summed E-state index contributed by atoms with van der Waals surface area (Å²) in [5.41, 5.74) is 0. The van der Waals surface area contributed by atoms with Crippen molar-refractivity contribution in [2.75, 3.05) is 6.61 Å². The number of pyridine rings is 1. The number of hydrogen-bond acceptors (Lipinski definition) is 4. The van der Waals surface area contributed by atoms with Gasteiger partial charge in [-0.05, 0) is 55.9 Å². The Kier molecular flexibility index (Phi) is 13.0. The Balaban J connectivity index is 1.25. The number of nitrogens with zero attached hydrogens (tertiary/aromatic N) is 1. The van der Waals surface area contributed by atoms with Crippen LogP contribution in [-0.2, 0) is 4.79 Å². The Morgan fingerprint density at radius 2 is 1.37 bits per heavy atom. The maximum atomic E-state index is 12.7. The summed E-state index contributed by atoms with van der Waals surface area (Å²) in [7, 11) is 0. The van der Waals surface area contributed by atoms with Crippen LogP contribution < -0.4 is 9.47 Å². The van der Waals surface area contributed by atoms with Gasteiger partial charge in [-0.25, -0.2) is 4.98 Å². The van der Waals surface area contributed by atoms with Gasteiger partial charge in [0.2, 0.25) is 5.88 Å². The van der Waals surface area contributed by atoms with Crippen molar-refractivity contribution in [1.29, 1.82) is 0 Å². The second-order valence-corrected chi connectivity index (χ2v) is 11.3. The molecule has 1 heterocycles. The van der Waals surface area contributed by atoms with Crippen LogP contribution in [0.5, 0.6) is 11.6 Å². The van der Waals surface area contributed by atoms with Crippen LogP contribution in [0.2, 0.25) is 0 Å². The minimum Gasteiger partial charge on any atom is -0.478 e. The van der Waals surface area contributed by atoms with Crippen LogP contribution in [0, 0.1) is 23.7 Å². The standard InChI is InChI=1S/C31H51NO3/c1-3-5-7-8-9-10-25-11-13-26(14-12-25)15-16-27-17-19-28(20-18-27)31(33)35-29-21-22-30(32-24-29)34-23-6-4-2/h21-22,24-28H,3-20,23H2,1-2H3. The topological polar surface area (TPSA) is 48.4 Å². The van der Waals surface area contributed by atoms with Crippen molar-refractivity contribution in [2.45, 2.75) is 129 Å². The van der Waals surface area contributed by atoms with Gasteiger partial charge in [-0.15, -0.1) is 0 Å². The van der Waals surface area contributed by atoms with Crippen LogP contribution in [0.25, 0.3) is 0 Å². The minimum atomic E-state index is -0.0853. The molecule has 2 fully saturated rings. The summed E-state index contributed by atoms with van der Waals surface area (Å²) >= 11 is 0. The highest BCUT2D eigenvalue weighted by Crippen LogP contribution is 2.38. The van der Waals surface area contributed by atoms with E-state index in [1.54, 1.807) is 18.3 Å². The van der Waals surface area contributed by atoms with Crippen molar-refractivity contribution in [1.82, 2.24) is 4.98 Å². The van der Waals surface area contributed by atoms with Gasteiger partial charge >= 0.3 is 5.97 Å². The fourth-order valence-corrected chi connectivity index (χ4v) is 6.04. The van der Waals surface area contributed by atoms with Gasteiger partial charge in [-0.1, -0.05) is 97.3 Å². The summed E-state index contributed by atoms with van der Waals surface area (Å²) in [5.74, 6) is 3.84. The Bertz CT molecular complexity index is 688. The van der Waals surface area contributed by atoms with Crippen molar-refractivity contribution in [3.63, 3.8) is 0 Å². The molecule has 1 aromatic rings. The molecular weight excluding hydrogens is 434 g/mol. The first-order valence-corrected chi connectivity index (χ1v) is 15.0. The van der Waals surface area contributed by atoms with Crippen LogP contribution in [-0.4, -0.2) is 17.6 Å². The number of carbonyl (C=O) groups is 1. The quantitative estimate of drug-likeness (QED) is 0.184. The molecule has 2 aliphatic carbocycles. The predicted octanol–water partition coefficient (Wildman–Crippen LogP) is 8.92. The van der Waals surface area contributed by atoms with E-state index in [1.807, 2.05) is 0 Å². The second kappa shape index (κ2) is 16.2. The minimum absolute atomic E-state index is 0.0412. The average molecular weight is 486 g/mol. The summed E-state index contributed by atoms with van der Waals surface area (Å²) < 4.78 is 11.2. The average Bonchev–Trinajstić information content (AvgIpc) is 2.89. The van der Waals surface area contributed by atoms with E-state index in [2.05, 4.69) is 18.8 Å². The molecule has 35 heavy (non-hydrogen) atoms. The molecule has 0 aromatic carbocycles. The van der Waals surface area contributed by atoms with E-state index in [9.17, 15) is 4.79 Å². The summed E-state index contributed by atoms with van der Waals surface area (Å²) in [6.07, 6.45) is 25.2. The highest BCUT2D eigenvalue weighted by molar-refractivity contribution is 5.75. The zero-order valence-electron chi connectivity index (χ0n) is 22.6. The number of unbranched alkanes of at least 4 members (excludes halogenated alkanes) is 5. The lowest BCUT2D eigenvalue weighted by atomic mass is 9.75. The van der Waals surface area contributed by atoms with Gasteiger partial charge in [-0.3, -0.25) is 4.79 Å². The number of esters is 1. The molecular formula is C31H51NO3. The monoisotopic (exact) mass is 485 g/mol. The molecule has 2 aliphatic rings. The Morgan fingerprint density at radius 3 is 1.97 bits per heavy atom. The number of rotatable bonds is 15. The molecule has 0 atom stereocenters. The molecule has 2 saturated carbocycles. The molecule has 0 N–H and O–H groups in total. The van der Waals surface area contributed by atoms with Crippen LogP contribution in [0.1, 0.15) is 129 Å². The molecule has 0 aliphatic heterocycles. The zero-order chi connectivity index (χ0) is 24.7. The fourth-order valence-electron chi connectivity index (χ4n) is 6.04. The first-order chi connectivity index (χ1) is 17.2. The number of hydrogen-bond donors (Lipinski definition) is 0. The maximum Gasteiger partial charge on any atom is 0.314 e. The third kappa shape index (κ3) is 10.5. The van der Waals surface area contributed by atoms with E-state index in [0.29, 0.717) is 18.2 Å². The summed E-state index contributed by atoms with van der Waals surface area (Å²) in [4.78, 5) is 16.9. The lowest BCUT2D eigenvalue weighted by molar-refractivity contribution is -0.140. The summed E-state index contributed by atoms with van der Waals surface area (Å²) in [6, 6.07) is 3.58. The van der Waals surface area contributed by atoms with E-state index in [0.717, 1.165) is 43.4 Å². The lowest BCUT2D eigenvalue weighted by Crippen LogP contribution is -2.26. The van der Waals surface area contributed by atoms with Crippen LogP contribution in [0.15, 0.2) is 18.3 Å².